The Labute approximate surface area is 146 Å². The Morgan fingerprint density at radius 3 is 2.44 bits per heavy atom. The highest BCUT2D eigenvalue weighted by Crippen LogP contribution is 2.36. The number of phenols is 1. The molecule has 2 aromatic rings. The van der Waals surface area contributed by atoms with E-state index in [4.69, 9.17) is 9.47 Å². The first-order valence-electron chi connectivity index (χ1n) is 7.61. The quantitative estimate of drug-likeness (QED) is 0.530. The van der Waals surface area contributed by atoms with Crippen molar-refractivity contribution in [2.45, 2.75) is 6.92 Å². The number of carbonyl (C=O) groups excluding carboxylic acids is 1. The van der Waals surface area contributed by atoms with E-state index in [1.54, 1.807) is 12.1 Å². The van der Waals surface area contributed by atoms with Crippen LogP contribution in [-0.4, -0.2) is 38.0 Å². The maximum absolute atomic E-state index is 11.8. The molecule has 0 heterocycles. The van der Waals surface area contributed by atoms with Crippen molar-refractivity contribution in [1.82, 2.24) is 5.43 Å². The molecule has 0 atom stereocenters. The molecule has 0 saturated heterocycles. The minimum Gasteiger partial charge on any atom is -0.502 e. The molecule has 2 aromatic carbocycles. The number of hydrazone groups is 1. The van der Waals surface area contributed by atoms with Crippen LogP contribution < -0.4 is 20.2 Å². The summed E-state index contributed by atoms with van der Waals surface area (Å²) in [6, 6.07) is 10.9. The van der Waals surface area contributed by atoms with Gasteiger partial charge in [0.25, 0.3) is 5.91 Å². The molecule has 0 aliphatic carbocycles. The molecule has 0 bridgehead atoms. The van der Waals surface area contributed by atoms with E-state index in [1.165, 1.54) is 20.4 Å². The van der Waals surface area contributed by atoms with E-state index in [-0.39, 0.29) is 29.7 Å². The Morgan fingerprint density at radius 1 is 1.20 bits per heavy atom. The normalized spacial score (nSPS) is 10.5. The fourth-order valence-electron chi connectivity index (χ4n) is 2.15. The first-order chi connectivity index (χ1) is 12.0. The molecule has 0 aromatic heterocycles. The number of methoxy groups -OCH3 is 2. The molecule has 25 heavy (non-hydrogen) atoms. The van der Waals surface area contributed by atoms with Crippen LogP contribution in [0, 0.1) is 6.92 Å². The molecule has 0 radical (unpaired) electrons. The molecule has 7 heteroatoms. The number of carbonyl (C=O) groups is 1. The van der Waals surface area contributed by atoms with Gasteiger partial charge in [0.05, 0.1) is 27.0 Å². The van der Waals surface area contributed by atoms with Crippen molar-refractivity contribution in [2.75, 3.05) is 26.1 Å². The van der Waals surface area contributed by atoms with Crippen molar-refractivity contribution < 1.29 is 19.4 Å². The summed E-state index contributed by atoms with van der Waals surface area (Å²) in [6.45, 7) is 2.06. The third kappa shape index (κ3) is 4.87. The Kier molecular flexibility index (Phi) is 6.22. The van der Waals surface area contributed by atoms with Crippen LogP contribution in [0.1, 0.15) is 11.1 Å². The van der Waals surface area contributed by atoms with Crippen molar-refractivity contribution in [2.24, 2.45) is 5.10 Å². The second-order valence-electron chi connectivity index (χ2n) is 5.24. The van der Waals surface area contributed by atoms with E-state index >= 15 is 0 Å². The Bertz CT molecular complexity index is 750. The average Bonchev–Trinajstić information content (AvgIpc) is 2.62. The summed E-state index contributed by atoms with van der Waals surface area (Å²) in [7, 11) is 2.88. The van der Waals surface area contributed by atoms with Crippen LogP contribution in [0.25, 0.3) is 0 Å². The highest BCUT2D eigenvalue weighted by Gasteiger charge is 2.10. The molecule has 0 aliphatic heterocycles. The third-order valence-electron chi connectivity index (χ3n) is 3.49. The predicted octanol–water partition coefficient (Wildman–Crippen LogP) is 2.28. The number of hydrogen-bond donors (Lipinski definition) is 3. The van der Waals surface area contributed by atoms with Gasteiger partial charge < -0.3 is 19.9 Å². The van der Waals surface area contributed by atoms with Gasteiger partial charge >= 0.3 is 0 Å². The largest absolute Gasteiger partial charge is 0.502 e. The smallest absolute Gasteiger partial charge is 0.259 e. The van der Waals surface area contributed by atoms with Gasteiger partial charge in [-0.1, -0.05) is 18.2 Å². The molecule has 0 unspecified atom stereocenters. The SMILES string of the molecule is COc1cc(/C=N/NC(=O)CNc2ccccc2C)cc(OC)c1O. The van der Waals surface area contributed by atoms with Crippen molar-refractivity contribution >= 4 is 17.8 Å². The van der Waals surface area contributed by atoms with Crippen LogP contribution in [0.2, 0.25) is 0 Å². The molecule has 0 aliphatic rings. The average molecular weight is 343 g/mol. The molecule has 0 saturated carbocycles. The van der Waals surface area contributed by atoms with Gasteiger partial charge in [-0.15, -0.1) is 0 Å². The number of aromatic hydroxyl groups is 1. The van der Waals surface area contributed by atoms with E-state index < -0.39 is 0 Å². The van der Waals surface area contributed by atoms with Gasteiger partial charge in [-0.05, 0) is 30.7 Å². The number of nitrogens with one attached hydrogen (secondary N) is 2. The summed E-state index contributed by atoms with van der Waals surface area (Å²) < 4.78 is 10.1. The van der Waals surface area contributed by atoms with Gasteiger partial charge in [0.2, 0.25) is 5.75 Å². The van der Waals surface area contributed by atoms with Gasteiger partial charge in [-0.2, -0.15) is 5.10 Å². The number of amides is 1. The zero-order chi connectivity index (χ0) is 18.2. The molecule has 132 valence electrons. The maximum atomic E-state index is 11.8. The van der Waals surface area contributed by atoms with Crippen LogP contribution in [-0.2, 0) is 4.79 Å². The lowest BCUT2D eigenvalue weighted by atomic mass is 10.2. The summed E-state index contributed by atoms with van der Waals surface area (Å²) in [4.78, 5) is 11.8. The zero-order valence-electron chi connectivity index (χ0n) is 14.4. The van der Waals surface area contributed by atoms with Crippen molar-refractivity contribution in [3.8, 4) is 17.2 Å². The molecule has 0 fully saturated rings. The summed E-state index contributed by atoms with van der Waals surface area (Å²) in [5.41, 5.74) is 5.00. The number of nitrogens with zero attached hydrogens (tertiary/aromatic N) is 1. The minimum absolute atomic E-state index is 0.0892. The molecule has 0 spiro atoms. The van der Waals surface area contributed by atoms with Crippen LogP contribution in [0.15, 0.2) is 41.5 Å². The number of para-hydroxylation sites is 1. The van der Waals surface area contributed by atoms with Gasteiger partial charge in [0.1, 0.15) is 0 Å². The summed E-state index contributed by atoms with van der Waals surface area (Å²) in [5.74, 6) is 0.146. The van der Waals surface area contributed by atoms with Gasteiger partial charge in [-0.3, -0.25) is 4.79 Å². The third-order valence-corrected chi connectivity index (χ3v) is 3.49. The van der Waals surface area contributed by atoms with E-state index in [9.17, 15) is 9.90 Å². The van der Waals surface area contributed by atoms with Gasteiger partial charge in [-0.25, -0.2) is 5.43 Å². The van der Waals surface area contributed by atoms with Crippen LogP contribution in [0.4, 0.5) is 5.69 Å². The molecular weight excluding hydrogens is 322 g/mol. The lowest BCUT2D eigenvalue weighted by Crippen LogP contribution is -2.26. The molecule has 1 amide bonds. The van der Waals surface area contributed by atoms with E-state index in [2.05, 4.69) is 15.8 Å². The van der Waals surface area contributed by atoms with Crippen LogP contribution >= 0.6 is 0 Å². The Morgan fingerprint density at radius 2 is 1.84 bits per heavy atom. The van der Waals surface area contributed by atoms with E-state index in [1.807, 2.05) is 31.2 Å². The second kappa shape index (κ2) is 8.58. The van der Waals surface area contributed by atoms with Gasteiger partial charge in [0, 0.05) is 11.3 Å². The molecule has 3 N–H and O–H groups in total. The highest BCUT2D eigenvalue weighted by atomic mass is 16.5. The van der Waals surface area contributed by atoms with Gasteiger partial charge in [0.15, 0.2) is 11.5 Å². The van der Waals surface area contributed by atoms with Crippen LogP contribution in [0.3, 0.4) is 0 Å². The standard InChI is InChI=1S/C18H21N3O4/c1-12-6-4-5-7-14(12)19-11-17(22)21-20-10-13-8-15(24-2)18(23)16(9-13)25-3/h4-10,19,23H,11H2,1-3H3,(H,21,22)/b20-10+. The monoisotopic (exact) mass is 343 g/mol. The lowest BCUT2D eigenvalue weighted by Gasteiger charge is -2.09. The maximum Gasteiger partial charge on any atom is 0.259 e. The number of ether oxygens (including phenoxy) is 2. The number of rotatable bonds is 7. The van der Waals surface area contributed by atoms with Crippen molar-refractivity contribution in [3.63, 3.8) is 0 Å². The molecule has 2 rings (SSSR count). The first kappa shape index (κ1) is 18.1. The Balaban J connectivity index is 1.94. The summed E-state index contributed by atoms with van der Waals surface area (Å²) in [6.07, 6.45) is 1.44. The number of benzene rings is 2. The highest BCUT2D eigenvalue weighted by molar-refractivity contribution is 5.85. The van der Waals surface area contributed by atoms with Crippen LogP contribution in [0.5, 0.6) is 17.2 Å². The number of phenolic OH excluding ortho intramolecular Hbond substituents is 1. The number of anilines is 1. The lowest BCUT2D eigenvalue weighted by molar-refractivity contribution is -0.119. The number of hydrogen-bond acceptors (Lipinski definition) is 6. The minimum atomic E-state index is -0.280. The fraction of sp³-hybridized carbons (Fsp3) is 0.222. The zero-order valence-corrected chi connectivity index (χ0v) is 14.4. The number of aryl methyl sites for hydroxylation is 1. The molecule has 7 nitrogen and oxygen atoms in total. The topological polar surface area (TPSA) is 92.2 Å². The van der Waals surface area contributed by atoms with Crippen molar-refractivity contribution in [1.29, 1.82) is 0 Å². The summed E-state index contributed by atoms with van der Waals surface area (Å²) >= 11 is 0. The predicted molar refractivity (Wildman–Crippen MR) is 96.6 cm³/mol. The Hall–Kier alpha value is -3.22. The van der Waals surface area contributed by atoms with Crippen molar-refractivity contribution in [3.05, 3.63) is 47.5 Å². The first-order valence-corrected chi connectivity index (χ1v) is 7.61. The summed E-state index contributed by atoms with van der Waals surface area (Å²) in [5, 5.41) is 16.8. The fourth-order valence-corrected chi connectivity index (χ4v) is 2.15. The molecular formula is C18H21N3O4. The second-order valence-corrected chi connectivity index (χ2v) is 5.24. The van der Waals surface area contributed by atoms with E-state index in [0.29, 0.717) is 5.56 Å². The van der Waals surface area contributed by atoms with E-state index in [0.717, 1.165) is 11.3 Å².